The van der Waals surface area contributed by atoms with E-state index in [-0.39, 0.29) is 23.4 Å². The molecule has 0 saturated heterocycles. The fraction of sp³-hybridized carbons (Fsp3) is 0.296. The van der Waals surface area contributed by atoms with Gasteiger partial charge < -0.3 is 19.8 Å². The lowest BCUT2D eigenvalue weighted by Crippen LogP contribution is -2.49. The Bertz CT molecular complexity index is 1190. The molecule has 1 unspecified atom stereocenters. The number of furan rings is 1. The first-order valence-electron chi connectivity index (χ1n) is 11.8. The van der Waals surface area contributed by atoms with Crippen LogP contribution in [0.4, 0.5) is 10.1 Å². The van der Waals surface area contributed by atoms with Gasteiger partial charge in [-0.3, -0.25) is 19.3 Å². The van der Waals surface area contributed by atoms with Crippen LogP contribution in [0.15, 0.2) is 71.3 Å². The van der Waals surface area contributed by atoms with Gasteiger partial charge in [0, 0.05) is 11.7 Å². The number of hydrogen-bond donors (Lipinski definition) is 2. The second kappa shape index (κ2) is 11.5. The standard InChI is InChI=1S/C27H28FN3O5/c1-35-22-13-11-18(12-14-22)25(27(34)30-20-7-2-3-8-20)31(21-9-4-6-19(28)16-21)24(32)17-29-26(33)23-10-5-15-36-23/h4-6,9-16,20,25H,2-3,7-8,17H2,1H3,(H,29,33)(H,30,34). The van der Waals surface area contributed by atoms with Crippen molar-refractivity contribution in [2.24, 2.45) is 0 Å². The molecule has 0 aliphatic heterocycles. The monoisotopic (exact) mass is 493 g/mol. The molecular formula is C27H28FN3O5. The highest BCUT2D eigenvalue weighted by atomic mass is 19.1. The van der Waals surface area contributed by atoms with Crippen LogP contribution in [0.2, 0.25) is 0 Å². The van der Waals surface area contributed by atoms with Crippen LogP contribution in [0.1, 0.15) is 47.8 Å². The Morgan fingerprint density at radius 1 is 1.08 bits per heavy atom. The highest BCUT2D eigenvalue weighted by Gasteiger charge is 2.34. The Labute approximate surface area is 208 Å². The second-order valence-corrected chi connectivity index (χ2v) is 8.57. The molecule has 0 radical (unpaired) electrons. The van der Waals surface area contributed by atoms with Gasteiger partial charge in [0.05, 0.1) is 19.9 Å². The quantitative estimate of drug-likeness (QED) is 0.470. The van der Waals surface area contributed by atoms with Crippen LogP contribution in [0.25, 0.3) is 0 Å². The number of anilines is 1. The minimum absolute atomic E-state index is 0.00126. The average molecular weight is 494 g/mol. The third kappa shape index (κ3) is 5.91. The number of hydrogen-bond acceptors (Lipinski definition) is 5. The first-order valence-corrected chi connectivity index (χ1v) is 11.8. The van der Waals surface area contributed by atoms with Crippen LogP contribution >= 0.6 is 0 Å². The molecule has 1 aliphatic rings. The maximum atomic E-state index is 14.2. The van der Waals surface area contributed by atoms with Gasteiger partial charge in [-0.15, -0.1) is 0 Å². The van der Waals surface area contributed by atoms with Crippen molar-refractivity contribution in [1.82, 2.24) is 10.6 Å². The van der Waals surface area contributed by atoms with Crippen LogP contribution in [0, 0.1) is 5.82 Å². The van der Waals surface area contributed by atoms with Crippen molar-refractivity contribution in [3.63, 3.8) is 0 Å². The van der Waals surface area contributed by atoms with E-state index in [9.17, 15) is 18.8 Å². The summed E-state index contributed by atoms with van der Waals surface area (Å²) in [6.07, 6.45) is 5.10. The number of halogens is 1. The summed E-state index contributed by atoms with van der Waals surface area (Å²) in [4.78, 5) is 40.8. The lowest BCUT2D eigenvalue weighted by molar-refractivity contribution is -0.126. The van der Waals surface area contributed by atoms with E-state index in [1.54, 1.807) is 36.4 Å². The number of nitrogens with one attached hydrogen (secondary N) is 2. The largest absolute Gasteiger partial charge is 0.497 e. The molecule has 1 aromatic heterocycles. The summed E-state index contributed by atoms with van der Waals surface area (Å²) in [7, 11) is 1.53. The molecule has 188 valence electrons. The summed E-state index contributed by atoms with van der Waals surface area (Å²) in [6.45, 7) is -0.431. The van der Waals surface area contributed by atoms with Crippen LogP contribution < -0.4 is 20.3 Å². The van der Waals surface area contributed by atoms with Crippen molar-refractivity contribution in [1.29, 1.82) is 0 Å². The summed E-state index contributed by atoms with van der Waals surface area (Å²) in [5.74, 6) is -1.49. The van der Waals surface area contributed by atoms with Gasteiger partial charge in [0.2, 0.25) is 11.8 Å². The van der Waals surface area contributed by atoms with E-state index in [0.717, 1.165) is 25.7 Å². The Balaban J connectivity index is 1.69. The molecule has 3 aromatic rings. The Hall–Kier alpha value is -4.14. The van der Waals surface area contributed by atoms with Crippen molar-refractivity contribution >= 4 is 23.4 Å². The van der Waals surface area contributed by atoms with Gasteiger partial charge in [0.1, 0.15) is 17.6 Å². The molecule has 1 saturated carbocycles. The van der Waals surface area contributed by atoms with Gasteiger partial charge in [-0.2, -0.15) is 0 Å². The molecule has 2 aromatic carbocycles. The molecule has 1 fully saturated rings. The highest BCUT2D eigenvalue weighted by molar-refractivity contribution is 6.04. The van der Waals surface area contributed by atoms with Crippen LogP contribution in [-0.4, -0.2) is 37.4 Å². The summed E-state index contributed by atoms with van der Waals surface area (Å²) < 4.78 is 24.6. The van der Waals surface area contributed by atoms with Crippen molar-refractivity contribution in [3.05, 3.63) is 84.1 Å². The zero-order valence-electron chi connectivity index (χ0n) is 19.9. The van der Waals surface area contributed by atoms with E-state index in [1.807, 2.05) is 0 Å². The van der Waals surface area contributed by atoms with Crippen LogP contribution in [0.3, 0.4) is 0 Å². The Morgan fingerprint density at radius 2 is 1.83 bits per heavy atom. The average Bonchev–Trinajstić information content (AvgIpc) is 3.60. The number of amides is 3. The first-order chi connectivity index (χ1) is 17.5. The van der Waals surface area contributed by atoms with Gasteiger partial charge in [0.25, 0.3) is 5.91 Å². The number of benzene rings is 2. The van der Waals surface area contributed by atoms with Gasteiger partial charge in [-0.25, -0.2) is 4.39 Å². The lowest BCUT2D eigenvalue weighted by atomic mass is 10.0. The van der Waals surface area contributed by atoms with Crippen LogP contribution in [-0.2, 0) is 9.59 Å². The second-order valence-electron chi connectivity index (χ2n) is 8.57. The number of carbonyl (C=O) groups excluding carboxylic acids is 3. The molecule has 0 bridgehead atoms. The summed E-state index contributed by atoms with van der Waals surface area (Å²) >= 11 is 0. The number of nitrogens with zero attached hydrogens (tertiary/aromatic N) is 1. The summed E-state index contributed by atoms with van der Waals surface area (Å²) in [5, 5.41) is 5.57. The molecule has 1 aliphatic carbocycles. The van der Waals surface area contributed by atoms with E-state index in [2.05, 4.69) is 10.6 Å². The number of ether oxygens (including phenoxy) is 1. The minimum atomic E-state index is -1.11. The third-order valence-electron chi connectivity index (χ3n) is 6.14. The van der Waals surface area contributed by atoms with Crippen molar-refractivity contribution in [2.75, 3.05) is 18.6 Å². The van der Waals surface area contributed by atoms with E-state index in [4.69, 9.17) is 9.15 Å². The number of carbonyl (C=O) groups is 3. The lowest BCUT2D eigenvalue weighted by Gasteiger charge is -2.32. The number of methoxy groups -OCH3 is 1. The minimum Gasteiger partial charge on any atom is -0.497 e. The van der Waals surface area contributed by atoms with Crippen molar-refractivity contribution in [3.8, 4) is 5.75 Å². The first kappa shape index (κ1) is 25.0. The summed E-state index contributed by atoms with van der Waals surface area (Å²) in [6, 6.07) is 14.2. The zero-order chi connectivity index (χ0) is 25.5. The molecule has 8 nitrogen and oxygen atoms in total. The SMILES string of the molecule is COc1ccc(C(C(=O)NC2CCCC2)N(C(=O)CNC(=O)c2ccco2)c2cccc(F)c2)cc1. The van der Waals surface area contributed by atoms with Crippen molar-refractivity contribution < 1.29 is 27.9 Å². The molecule has 36 heavy (non-hydrogen) atoms. The topological polar surface area (TPSA) is 101 Å². The molecule has 1 heterocycles. The fourth-order valence-corrected chi connectivity index (χ4v) is 4.35. The molecule has 4 rings (SSSR count). The maximum Gasteiger partial charge on any atom is 0.287 e. The van der Waals surface area contributed by atoms with E-state index >= 15 is 0 Å². The highest BCUT2D eigenvalue weighted by Crippen LogP contribution is 2.30. The van der Waals surface area contributed by atoms with Gasteiger partial charge in [0.15, 0.2) is 5.76 Å². The summed E-state index contributed by atoms with van der Waals surface area (Å²) in [5.41, 5.74) is 0.705. The Kier molecular flexibility index (Phi) is 7.99. The van der Waals surface area contributed by atoms with Gasteiger partial charge in [-0.1, -0.05) is 31.0 Å². The predicted octanol–water partition coefficient (Wildman–Crippen LogP) is 3.99. The van der Waals surface area contributed by atoms with E-state index < -0.39 is 30.2 Å². The normalized spacial score (nSPS) is 14.2. The predicted molar refractivity (Wildman–Crippen MR) is 131 cm³/mol. The zero-order valence-corrected chi connectivity index (χ0v) is 19.9. The molecule has 3 amide bonds. The molecule has 9 heteroatoms. The van der Waals surface area contributed by atoms with E-state index in [0.29, 0.717) is 11.3 Å². The molecule has 2 N–H and O–H groups in total. The van der Waals surface area contributed by atoms with Crippen LogP contribution in [0.5, 0.6) is 5.75 Å². The Morgan fingerprint density at radius 3 is 2.47 bits per heavy atom. The fourth-order valence-electron chi connectivity index (χ4n) is 4.35. The molecule has 1 atom stereocenters. The maximum absolute atomic E-state index is 14.2. The smallest absolute Gasteiger partial charge is 0.287 e. The number of rotatable bonds is 9. The van der Waals surface area contributed by atoms with Gasteiger partial charge >= 0.3 is 0 Å². The molecular weight excluding hydrogens is 465 g/mol. The van der Waals surface area contributed by atoms with Crippen molar-refractivity contribution in [2.45, 2.75) is 37.8 Å². The molecule has 0 spiro atoms. The van der Waals surface area contributed by atoms with E-state index in [1.165, 1.54) is 42.5 Å². The van der Waals surface area contributed by atoms with Gasteiger partial charge in [-0.05, 0) is 60.9 Å². The third-order valence-corrected chi connectivity index (χ3v) is 6.14.